The zero-order valence-electron chi connectivity index (χ0n) is 15.4. The molecule has 3 aromatic rings. The van der Waals surface area contributed by atoms with E-state index in [1.807, 2.05) is 6.07 Å². The zero-order chi connectivity index (χ0) is 20.2. The number of amides is 2. The highest BCUT2D eigenvalue weighted by Gasteiger charge is 2.31. The topological polar surface area (TPSA) is 97.6 Å². The zero-order valence-corrected chi connectivity index (χ0v) is 15.4. The number of hydrogen-bond acceptors (Lipinski definition) is 5. The van der Waals surface area contributed by atoms with Gasteiger partial charge in [0.25, 0.3) is 11.8 Å². The predicted molar refractivity (Wildman–Crippen MR) is 104 cm³/mol. The number of carbonyl (C=O) groups excluding carboxylic acids is 3. The average Bonchev–Trinajstić information content (AvgIpc) is 3.26. The van der Waals surface area contributed by atoms with Crippen molar-refractivity contribution < 1.29 is 23.5 Å². The number of rotatable bonds is 5. The summed E-state index contributed by atoms with van der Waals surface area (Å²) in [7, 11) is 0. The van der Waals surface area contributed by atoms with Crippen molar-refractivity contribution in [2.45, 2.75) is 19.1 Å². The Labute approximate surface area is 166 Å². The molecule has 0 unspecified atom stereocenters. The number of nitrogens with one attached hydrogen (secondary N) is 2. The van der Waals surface area contributed by atoms with Crippen molar-refractivity contribution in [3.05, 3.63) is 89.4 Å². The second kappa shape index (κ2) is 8.02. The maximum Gasteiger partial charge on any atom is 0.339 e. The molecule has 2 N–H and O–H groups in total. The fraction of sp³-hybridized carbons (Fsp3) is 0.136. The minimum absolute atomic E-state index is 0.227. The minimum atomic E-state index is -0.961. The van der Waals surface area contributed by atoms with Crippen LogP contribution < -0.4 is 10.6 Å². The highest BCUT2D eigenvalue weighted by Crippen LogP contribution is 2.22. The highest BCUT2D eigenvalue weighted by atomic mass is 16.5. The van der Waals surface area contributed by atoms with E-state index in [4.69, 9.17) is 9.15 Å². The van der Waals surface area contributed by atoms with E-state index in [1.54, 1.807) is 54.6 Å². The second-order valence-electron chi connectivity index (χ2n) is 6.55. The van der Waals surface area contributed by atoms with Crippen molar-refractivity contribution in [3.8, 4) is 0 Å². The van der Waals surface area contributed by atoms with Crippen LogP contribution in [0.3, 0.4) is 0 Å². The van der Waals surface area contributed by atoms with Gasteiger partial charge >= 0.3 is 5.97 Å². The number of hydrogen-bond donors (Lipinski definition) is 2. The van der Waals surface area contributed by atoms with Crippen LogP contribution in [0.15, 0.2) is 71.3 Å². The highest BCUT2D eigenvalue weighted by molar-refractivity contribution is 6.05. The lowest BCUT2D eigenvalue weighted by atomic mass is 9.98. The normalized spacial score (nSPS) is 15.2. The summed E-state index contributed by atoms with van der Waals surface area (Å²) >= 11 is 0. The number of esters is 1. The quantitative estimate of drug-likeness (QED) is 0.653. The Balaban J connectivity index is 1.46. The fourth-order valence-electron chi connectivity index (χ4n) is 3.16. The van der Waals surface area contributed by atoms with E-state index in [9.17, 15) is 14.4 Å². The molecule has 0 saturated heterocycles. The van der Waals surface area contributed by atoms with Crippen molar-refractivity contribution in [2.75, 3.05) is 5.32 Å². The van der Waals surface area contributed by atoms with Gasteiger partial charge in [-0.15, -0.1) is 0 Å². The number of ether oxygens (including phenoxy) is 1. The molecule has 4 rings (SSSR count). The molecular formula is C22H18N2O5. The Bertz CT molecular complexity index is 1060. The van der Waals surface area contributed by atoms with E-state index >= 15 is 0 Å². The molecule has 7 nitrogen and oxygen atoms in total. The number of fused-ring (bicyclic) bond motifs is 1. The lowest BCUT2D eigenvalue weighted by molar-refractivity contribution is -0.125. The monoisotopic (exact) mass is 390 g/mol. The second-order valence-corrected chi connectivity index (χ2v) is 6.55. The molecular weight excluding hydrogens is 372 g/mol. The third-order valence-electron chi connectivity index (χ3n) is 4.62. The van der Waals surface area contributed by atoms with Crippen molar-refractivity contribution in [1.82, 2.24) is 5.32 Å². The molecule has 1 aromatic heterocycles. The van der Waals surface area contributed by atoms with Gasteiger partial charge in [0.1, 0.15) is 5.76 Å². The van der Waals surface area contributed by atoms with E-state index in [2.05, 4.69) is 10.6 Å². The molecule has 2 heterocycles. The van der Waals surface area contributed by atoms with Crippen molar-refractivity contribution in [1.29, 1.82) is 0 Å². The summed E-state index contributed by atoms with van der Waals surface area (Å²) in [5, 5.41) is 5.45. The van der Waals surface area contributed by atoms with Crippen molar-refractivity contribution >= 4 is 23.5 Å². The summed E-state index contributed by atoms with van der Waals surface area (Å²) in [6, 6.07) is 17.2. The maximum absolute atomic E-state index is 12.7. The standard InChI is InChI=1S/C22H18N2O5/c25-20(23-13-15-7-5-11-28-15)17-9-3-4-10-18(17)24-21(26)19-12-14-6-1-2-8-16(14)22(27)29-19/h1-11,19H,12-13H2,(H,23,25)(H,24,26)/t19-/m0/s1. The van der Waals surface area contributed by atoms with Gasteiger partial charge < -0.3 is 19.8 Å². The molecule has 2 aromatic carbocycles. The smallest absolute Gasteiger partial charge is 0.339 e. The molecule has 1 atom stereocenters. The first-order valence-electron chi connectivity index (χ1n) is 9.11. The molecule has 1 aliphatic heterocycles. The molecule has 0 spiro atoms. The van der Waals surface area contributed by atoms with Gasteiger partial charge in [-0.25, -0.2) is 4.79 Å². The van der Waals surface area contributed by atoms with Crippen molar-refractivity contribution in [2.24, 2.45) is 0 Å². The summed E-state index contributed by atoms with van der Waals surface area (Å²) < 4.78 is 10.5. The van der Waals surface area contributed by atoms with Crippen LogP contribution in [0.5, 0.6) is 0 Å². The molecule has 0 bridgehead atoms. The van der Waals surface area contributed by atoms with E-state index < -0.39 is 18.0 Å². The SMILES string of the molecule is O=C1O[C@H](C(=O)Nc2ccccc2C(=O)NCc2ccco2)Cc2ccccc21. The Morgan fingerprint density at radius 3 is 2.62 bits per heavy atom. The van der Waals surface area contributed by atoms with E-state index in [1.165, 1.54) is 6.26 Å². The van der Waals surface area contributed by atoms with Crippen LogP contribution in [-0.2, 0) is 22.5 Å². The summed E-state index contributed by atoms with van der Waals surface area (Å²) in [5.74, 6) is -0.758. The first kappa shape index (κ1) is 18.5. The summed E-state index contributed by atoms with van der Waals surface area (Å²) in [4.78, 5) is 37.4. The van der Waals surface area contributed by atoms with E-state index in [0.29, 0.717) is 22.6 Å². The Hall–Kier alpha value is -3.87. The molecule has 7 heteroatoms. The molecule has 0 radical (unpaired) electrons. The Morgan fingerprint density at radius 2 is 1.79 bits per heavy atom. The van der Waals surface area contributed by atoms with Crippen LogP contribution in [0.2, 0.25) is 0 Å². The van der Waals surface area contributed by atoms with Crippen LogP contribution in [-0.4, -0.2) is 23.9 Å². The van der Waals surface area contributed by atoms with E-state index in [-0.39, 0.29) is 18.9 Å². The van der Waals surface area contributed by atoms with Crippen LogP contribution in [0.25, 0.3) is 0 Å². The van der Waals surface area contributed by atoms with Gasteiger partial charge in [0.05, 0.1) is 29.6 Å². The van der Waals surface area contributed by atoms with E-state index in [0.717, 1.165) is 5.56 Å². The summed E-state index contributed by atoms with van der Waals surface area (Å²) in [5.41, 5.74) is 1.86. The third kappa shape index (κ3) is 4.03. The first-order valence-corrected chi connectivity index (χ1v) is 9.11. The number of carbonyl (C=O) groups is 3. The molecule has 29 heavy (non-hydrogen) atoms. The lowest BCUT2D eigenvalue weighted by Crippen LogP contribution is -2.38. The van der Waals surface area contributed by atoms with Gasteiger partial charge in [-0.3, -0.25) is 9.59 Å². The summed E-state index contributed by atoms with van der Waals surface area (Å²) in [6.45, 7) is 0.227. The van der Waals surface area contributed by atoms with Gasteiger partial charge in [0.15, 0.2) is 6.10 Å². The Morgan fingerprint density at radius 1 is 1.00 bits per heavy atom. The predicted octanol–water partition coefficient (Wildman–Crippen LogP) is 2.93. The molecule has 0 aliphatic carbocycles. The average molecular weight is 390 g/mol. The van der Waals surface area contributed by atoms with Crippen LogP contribution >= 0.6 is 0 Å². The maximum atomic E-state index is 12.7. The Kier molecular flexibility index (Phi) is 5.11. The molecule has 0 saturated carbocycles. The van der Waals surface area contributed by atoms with Gasteiger partial charge in [-0.1, -0.05) is 30.3 Å². The minimum Gasteiger partial charge on any atom is -0.467 e. The van der Waals surface area contributed by atoms with Gasteiger partial charge in [0, 0.05) is 6.42 Å². The molecule has 1 aliphatic rings. The number of cyclic esters (lactones) is 1. The number of benzene rings is 2. The van der Waals surface area contributed by atoms with Gasteiger partial charge in [0.2, 0.25) is 0 Å². The lowest BCUT2D eigenvalue weighted by Gasteiger charge is -2.24. The first-order chi connectivity index (χ1) is 14.1. The summed E-state index contributed by atoms with van der Waals surface area (Å²) in [6.07, 6.45) is 0.844. The number of furan rings is 1. The molecule has 146 valence electrons. The van der Waals surface area contributed by atoms with Gasteiger partial charge in [-0.05, 0) is 35.9 Å². The molecule has 0 fully saturated rings. The van der Waals surface area contributed by atoms with Crippen molar-refractivity contribution in [3.63, 3.8) is 0 Å². The fourth-order valence-corrected chi connectivity index (χ4v) is 3.16. The number of para-hydroxylation sites is 1. The third-order valence-corrected chi connectivity index (χ3v) is 4.62. The largest absolute Gasteiger partial charge is 0.467 e. The van der Waals surface area contributed by atoms with Gasteiger partial charge in [-0.2, -0.15) is 0 Å². The number of anilines is 1. The van der Waals surface area contributed by atoms with Crippen LogP contribution in [0.4, 0.5) is 5.69 Å². The molecule has 2 amide bonds. The van der Waals surface area contributed by atoms with Crippen LogP contribution in [0.1, 0.15) is 32.0 Å². The van der Waals surface area contributed by atoms with Crippen LogP contribution in [0, 0.1) is 0 Å².